The molecule has 0 fully saturated rings. The first-order chi connectivity index (χ1) is 10.0. The maximum absolute atomic E-state index is 11.5. The number of benzene rings is 2. The van der Waals surface area contributed by atoms with Gasteiger partial charge in [0.1, 0.15) is 5.58 Å². The van der Waals surface area contributed by atoms with E-state index in [-0.39, 0.29) is 0 Å². The van der Waals surface area contributed by atoms with Crippen LogP contribution in [-0.2, 0) is 10.2 Å². The number of hydrogen-bond acceptors (Lipinski definition) is 2. The quantitative estimate of drug-likeness (QED) is 0.770. The minimum absolute atomic E-state index is 0.642. The maximum atomic E-state index is 11.5. The van der Waals surface area contributed by atoms with Crippen LogP contribution in [0.2, 0.25) is 0 Å². The fraction of sp³-hybridized carbons (Fsp3) is 0.167. The Bertz CT molecular complexity index is 798. The van der Waals surface area contributed by atoms with Crippen LogP contribution in [0.15, 0.2) is 59.2 Å². The number of aliphatic carboxylic acids is 1. The molecule has 3 aromatic rings. The number of fused-ring (bicyclic) bond motifs is 1. The van der Waals surface area contributed by atoms with Crippen molar-refractivity contribution in [3.05, 3.63) is 60.4 Å². The molecule has 3 heteroatoms. The Hall–Kier alpha value is -2.55. The molecule has 2 aromatic carbocycles. The van der Waals surface area contributed by atoms with Gasteiger partial charge in [0, 0.05) is 16.5 Å². The third-order valence-electron chi connectivity index (χ3n) is 3.89. The van der Waals surface area contributed by atoms with Gasteiger partial charge in [-0.15, -0.1) is 0 Å². The summed E-state index contributed by atoms with van der Waals surface area (Å²) in [5.74, 6) is -0.868. The molecule has 0 bridgehead atoms. The minimum atomic E-state index is -0.995. The van der Waals surface area contributed by atoms with Gasteiger partial charge in [0.05, 0.1) is 11.7 Å². The van der Waals surface area contributed by atoms with Crippen molar-refractivity contribution in [1.82, 2.24) is 0 Å². The molecule has 106 valence electrons. The van der Waals surface area contributed by atoms with E-state index in [9.17, 15) is 9.90 Å². The van der Waals surface area contributed by atoms with Crippen molar-refractivity contribution in [1.29, 1.82) is 0 Å². The summed E-state index contributed by atoms with van der Waals surface area (Å²) in [6, 6.07) is 15.6. The molecule has 0 aliphatic heterocycles. The summed E-state index contributed by atoms with van der Waals surface area (Å²) in [6.07, 6.45) is 1.70. The van der Waals surface area contributed by atoms with Gasteiger partial charge in [-0.1, -0.05) is 48.5 Å². The van der Waals surface area contributed by atoms with Crippen LogP contribution in [0.3, 0.4) is 0 Å². The molecule has 0 aliphatic rings. The van der Waals surface area contributed by atoms with Crippen LogP contribution in [0.5, 0.6) is 0 Å². The van der Waals surface area contributed by atoms with Gasteiger partial charge in [0.15, 0.2) is 0 Å². The average Bonchev–Trinajstić information content (AvgIpc) is 2.91. The second kappa shape index (κ2) is 4.77. The number of furan rings is 1. The molecule has 0 saturated heterocycles. The molecule has 0 amide bonds. The zero-order valence-electron chi connectivity index (χ0n) is 12.0. The van der Waals surface area contributed by atoms with Gasteiger partial charge in [-0.25, -0.2) is 0 Å². The van der Waals surface area contributed by atoms with E-state index in [2.05, 4.69) is 0 Å². The predicted octanol–water partition coefficient (Wildman–Crippen LogP) is 4.46. The van der Waals surface area contributed by atoms with Crippen molar-refractivity contribution in [3.8, 4) is 11.1 Å². The summed E-state index contributed by atoms with van der Waals surface area (Å²) in [6.45, 7) is 3.38. The second-order valence-corrected chi connectivity index (χ2v) is 5.63. The summed E-state index contributed by atoms with van der Waals surface area (Å²) >= 11 is 0. The van der Waals surface area contributed by atoms with Crippen LogP contribution in [0.4, 0.5) is 0 Å². The van der Waals surface area contributed by atoms with E-state index in [4.69, 9.17) is 4.42 Å². The van der Waals surface area contributed by atoms with E-state index in [1.807, 2.05) is 48.5 Å². The number of rotatable bonds is 3. The number of carbonyl (C=O) groups is 1. The normalized spacial score (nSPS) is 11.7. The Labute approximate surface area is 122 Å². The van der Waals surface area contributed by atoms with E-state index in [0.29, 0.717) is 11.1 Å². The number of carboxylic acid groups (broad SMARTS) is 1. The SMILES string of the molecule is CC(C)(C(=O)O)c1cccc2c(-c3ccccc3)coc12. The molecule has 1 N–H and O–H groups in total. The highest BCUT2D eigenvalue weighted by molar-refractivity contribution is 5.98. The summed E-state index contributed by atoms with van der Waals surface area (Å²) in [5.41, 5.74) is 2.37. The Kier molecular flexibility index (Phi) is 3.05. The lowest BCUT2D eigenvalue weighted by molar-refractivity contribution is -0.142. The van der Waals surface area contributed by atoms with Gasteiger partial charge < -0.3 is 9.52 Å². The van der Waals surface area contributed by atoms with E-state index < -0.39 is 11.4 Å². The van der Waals surface area contributed by atoms with Crippen molar-refractivity contribution in [3.63, 3.8) is 0 Å². The van der Waals surface area contributed by atoms with E-state index in [0.717, 1.165) is 16.5 Å². The largest absolute Gasteiger partial charge is 0.481 e. The first-order valence-electron chi connectivity index (χ1n) is 6.81. The van der Waals surface area contributed by atoms with Crippen LogP contribution in [-0.4, -0.2) is 11.1 Å². The molecule has 3 nitrogen and oxygen atoms in total. The van der Waals surface area contributed by atoms with Crippen LogP contribution in [0.25, 0.3) is 22.1 Å². The summed E-state index contributed by atoms with van der Waals surface area (Å²) in [4.78, 5) is 11.5. The lowest BCUT2D eigenvalue weighted by Crippen LogP contribution is -2.28. The molecule has 21 heavy (non-hydrogen) atoms. The molecule has 0 saturated carbocycles. The predicted molar refractivity (Wildman–Crippen MR) is 82.3 cm³/mol. The molecule has 0 radical (unpaired) electrons. The number of hydrogen-bond donors (Lipinski definition) is 1. The molecule has 0 spiro atoms. The van der Waals surface area contributed by atoms with Crippen LogP contribution < -0.4 is 0 Å². The van der Waals surface area contributed by atoms with Gasteiger partial charge in [-0.3, -0.25) is 4.79 Å². The zero-order chi connectivity index (χ0) is 15.0. The first kappa shape index (κ1) is 13.4. The highest BCUT2D eigenvalue weighted by Gasteiger charge is 2.32. The van der Waals surface area contributed by atoms with Gasteiger partial charge in [-0.05, 0) is 19.4 Å². The average molecular weight is 280 g/mol. The van der Waals surface area contributed by atoms with E-state index in [1.54, 1.807) is 20.1 Å². The van der Waals surface area contributed by atoms with Crippen LogP contribution in [0.1, 0.15) is 19.4 Å². The lowest BCUT2D eigenvalue weighted by Gasteiger charge is -2.19. The van der Waals surface area contributed by atoms with Crippen molar-refractivity contribution < 1.29 is 14.3 Å². The fourth-order valence-corrected chi connectivity index (χ4v) is 2.51. The summed E-state index contributed by atoms with van der Waals surface area (Å²) in [5, 5.41) is 10.4. The van der Waals surface area contributed by atoms with Crippen LogP contribution in [0, 0.1) is 0 Å². The molecular formula is C18H16O3. The maximum Gasteiger partial charge on any atom is 0.313 e. The number of carboxylic acids is 1. The van der Waals surface area contributed by atoms with Crippen molar-refractivity contribution in [2.24, 2.45) is 0 Å². The Morgan fingerprint density at radius 3 is 2.43 bits per heavy atom. The first-order valence-corrected chi connectivity index (χ1v) is 6.81. The van der Waals surface area contributed by atoms with Gasteiger partial charge >= 0.3 is 5.97 Å². The third kappa shape index (κ3) is 2.11. The van der Waals surface area contributed by atoms with Gasteiger partial charge in [0.2, 0.25) is 0 Å². The summed E-state index contributed by atoms with van der Waals surface area (Å²) < 4.78 is 5.71. The molecule has 3 rings (SSSR count). The highest BCUT2D eigenvalue weighted by Crippen LogP contribution is 2.36. The van der Waals surface area contributed by atoms with Gasteiger partial charge in [-0.2, -0.15) is 0 Å². The van der Waals surface area contributed by atoms with Crippen molar-refractivity contribution >= 4 is 16.9 Å². The van der Waals surface area contributed by atoms with Crippen molar-refractivity contribution in [2.45, 2.75) is 19.3 Å². The Morgan fingerprint density at radius 2 is 1.76 bits per heavy atom. The third-order valence-corrected chi connectivity index (χ3v) is 3.89. The molecule has 0 unspecified atom stereocenters. The van der Waals surface area contributed by atoms with E-state index >= 15 is 0 Å². The zero-order valence-corrected chi connectivity index (χ0v) is 12.0. The molecule has 0 atom stereocenters. The Morgan fingerprint density at radius 1 is 1.05 bits per heavy atom. The molecule has 1 heterocycles. The second-order valence-electron chi connectivity index (χ2n) is 5.63. The monoisotopic (exact) mass is 280 g/mol. The lowest BCUT2D eigenvalue weighted by atomic mass is 9.83. The number of para-hydroxylation sites is 1. The fourth-order valence-electron chi connectivity index (χ4n) is 2.51. The standard InChI is InChI=1S/C18H16O3/c1-18(2,17(19)20)15-10-6-9-13-14(11-21-16(13)15)12-7-4-3-5-8-12/h3-11H,1-2H3,(H,19,20). The topological polar surface area (TPSA) is 50.4 Å². The van der Waals surface area contributed by atoms with Gasteiger partial charge in [0.25, 0.3) is 0 Å². The van der Waals surface area contributed by atoms with Crippen LogP contribution >= 0.6 is 0 Å². The minimum Gasteiger partial charge on any atom is -0.481 e. The summed E-state index contributed by atoms with van der Waals surface area (Å²) in [7, 11) is 0. The Balaban J connectivity index is 2.25. The highest BCUT2D eigenvalue weighted by atomic mass is 16.4. The molecular weight excluding hydrogens is 264 g/mol. The van der Waals surface area contributed by atoms with Crippen molar-refractivity contribution in [2.75, 3.05) is 0 Å². The van der Waals surface area contributed by atoms with E-state index in [1.165, 1.54) is 0 Å². The molecule has 1 aromatic heterocycles. The smallest absolute Gasteiger partial charge is 0.313 e. The molecule has 0 aliphatic carbocycles.